The first-order chi connectivity index (χ1) is 9.88. The molecule has 98 valence electrons. The predicted octanol–water partition coefficient (Wildman–Crippen LogP) is 3.91. The van der Waals surface area contributed by atoms with Crippen molar-refractivity contribution in [3.05, 3.63) is 77.9 Å². The zero-order valence-electron chi connectivity index (χ0n) is 11.1. The number of allylic oxidation sites excluding steroid dienone is 1. The van der Waals surface area contributed by atoms with Gasteiger partial charge in [0.05, 0.1) is 0 Å². The van der Waals surface area contributed by atoms with Gasteiger partial charge in [0.25, 0.3) is 0 Å². The van der Waals surface area contributed by atoms with Gasteiger partial charge in [0.15, 0.2) is 5.71 Å². The van der Waals surface area contributed by atoms with Crippen LogP contribution in [-0.2, 0) is 11.4 Å². The molecule has 0 unspecified atom stereocenters. The van der Waals surface area contributed by atoms with Crippen LogP contribution >= 0.6 is 0 Å². The largest absolute Gasteiger partial charge is 0.390 e. The molecule has 0 fully saturated rings. The van der Waals surface area contributed by atoms with Gasteiger partial charge in [0.2, 0.25) is 0 Å². The van der Waals surface area contributed by atoms with E-state index in [1.807, 2.05) is 66.7 Å². The molecule has 2 aromatic rings. The average Bonchev–Trinajstić information content (AvgIpc) is 2.52. The Morgan fingerprint density at radius 3 is 2.35 bits per heavy atom. The number of nitrogens with zero attached hydrogens (tertiary/aromatic N) is 1. The summed E-state index contributed by atoms with van der Waals surface area (Å²) in [6, 6.07) is 19.7. The third-order valence-electron chi connectivity index (χ3n) is 2.62. The average molecular weight is 261 g/mol. The molecule has 0 spiro atoms. The smallest absolute Gasteiger partial charge is 0.152 e. The summed E-state index contributed by atoms with van der Waals surface area (Å²) in [6.45, 7) is 0.408. The standard InChI is InChI=1S/C18H15NO/c1-2-18(14-13-16-9-5-3-6-10-16)19-20-15-17-11-7-4-8-12-17/h1,3-14H,15H2/b14-13+,19-18+. The third kappa shape index (κ3) is 4.47. The van der Waals surface area contributed by atoms with Crippen LogP contribution in [-0.4, -0.2) is 5.71 Å². The first-order valence-corrected chi connectivity index (χ1v) is 6.32. The number of oxime groups is 1. The van der Waals surface area contributed by atoms with E-state index < -0.39 is 0 Å². The van der Waals surface area contributed by atoms with Gasteiger partial charge in [-0.05, 0) is 23.1 Å². The maximum atomic E-state index is 5.40. The molecule has 0 aromatic heterocycles. The maximum Gasteiger partial charge on any atom is 0.152 e. The summed E-state index contributed by atoms with van der Waals surface area (Å²) in [5, 5.41) is 3.95. The van der Waals surface area contributed by atoms with Crippen molar-refractivity contribution < 1.29 is 4.84 Å². The Hall–Kier alpha value is -2.79. The second kappa shape index (κ2) is 7.60. The Morgan fingerprint density at radius 2 is 1.70 bits per heavy atom. The fourth-order valence-corrected chi connectivity index (χ4v) is 1.59. The molecule has 2 nitrogen and oxygen atoms in total. The van der Waals surface area contributed by atoms with Crippen molar-refractivity contribution in [2.45, 2.75) is 6.61 Å². The van der Waals surface area contributed by atoms with Gasteiger partial charge in [0.1, 0.15) is 6.61 Å². The fourth-order valence-electron chi connectivity index (χ4n) is 1.59. The quantitative estimate of drug-likeness (QED) is 0.454. The van der Waals surface area contributed by atoms with Gasteiger partial charge in [0, 0.05) is 0 Å². The highest BCUT2D eigenvalue weighted by Gasteiger charge is 1.92. The van der Waals surface area contributed by atoms with E-state index in [0.29, 0.717) is 12.3 Å². The molecule has 0 amide bonds. The van der Waals surface area contributed by atoms with Crippen molar-refractivity contribution in [1.29, 1.82) is 0 Å². The lowest BCUT2D eigenvalue weighted by Gasteiger charge is -1.99. The first kappa shape index (κ1) is 13.6. The van der Waals surface area contributed by atoms with E-state index in [2.05, 4.69) is 11.1 Å². The van der Waals surface area contributed by atoms with Crippen LogP contribution in [0, 0.1) is 12.3 Å². The van der Waals surface area contributed by atoms with Gasteiger partial charge in [-0.25, -0.2) is 0 Å². The van der Waals surface area contributed by atoms with E-state index in [1.54, 1.807) is 6.08 Å². The van der Waals surface area contributed by atoms with Crippen LogP contribution in [0.15, 0.2) is 71.9 Å². The zero-order valence-corrected chi connectivity index (χ0v) is 11.1. The van der Waals surface area contributed by atoms with Crippen LogP contribution < -0.4 is 0 Å². The number of rotatable bonds is 5. The highest BCUT2D eigenvalue weighted by atomic mass is 16.6. The van der Waals surface area contributed by atoms with E-state index in [-0.39, 0.29) is 0 Å². The molecule has 0 N–H and O–H groups in total. The third-order valence-corrected chi connectivity index (χ3v) is 2.62. The molecule has 0 aliphatic carbocycles. The summed E-state index contributed by atoms with van der Waals surface area (Å²) >= 11 is 0. The zero-order chi connectivity index (χ0) is 14.0. The van der Waals surface area contributed by atoms with E-state index in [1.165, 1.54) is 0 Å². The number of hydrogen-bond acceptors (Lipinski definition) is 2. The van der Waals surface area contributed by atoms with Gasteiger partial charge >= 0.3 is 0 Å². The van der Waals surface area contributed by atoms with Crippen molar-refractivity contribution in [3.63, 3.8) is 0 Å². The fraction of sp³-hybridized carbons (Fsp3) is 0.0556. The second-order valence-electron chi connectivity index (χ2n) is 4.12. The monoisotopic (exact) mass is 261 g/mol. The van der Waals surface area contributed by atoms with Crippen molar-refractivity contribution in [3.8, 4) is 12.3 Å². The van der Waals surface area contributed by atoms with E-state index in [9.17, 15) is 0 Å². The minimum absolute atomic E-state index is 0.408. The lowest BCUT2D eigenvalue weighted by molar-refractivity contribution is 0.131. The van der Waals surface area contributed by atoms with Crippen molar-refractivity contribution in [2.75, 3.05) is 0 Å². The number of hydrogen-bond donors (Lipinski definition) is 0. The summed E-state index contributed by atoms with van der Waals surface area (Å²) in [5.74, 6) is 2.50. The molecular weight excluding hydrogens is 246 g/mol. The van der Waals surface area contributed by atoms with Crippen molar-refractivity contribution >= 4 is 11.8 Å². The molecule has 0 saturated carbocycles. The molecule has 0 bridgehead atoms. The molecule has 20 heavy (non-hydrogen) atoms. The molecular formula is C18H15NO. The molecule has 0 aliphatic rings. The Balaban J connectivity index is 1.93. The van der Waals surface area contributed by atoms with Crippen LogP contribution in [0.3, 0.4) is 0 Å². The van der Waals surface area contributed by atoms with Crippen LogP contribution in [0.2, 0.25) is 0 Å². The number of terminal acetylenes is 1. The molecule has 2 rings (SSSR count). The van der Waals surface area contributed by atoms with E-state index >= 15 is 0 Å². The molecule has 0 saturated heterocycles. The molecule has 0 aliphatic heterocycles. The minimum atomic E-state index is 0.408. The highest BCUT2D eigenvalue weighted by molar-refractivity contribution is 6.10. The SMILES string of the molecule is C#CC(/C=C/c1ccccc1)=N\OCc1ccccc1. The molecule has 0 heterocycles. The molecule has 2 heteroatoms. The van der Waals surface area contributed by atoms with E-state index in [4.69, 9.17) is 11.3 Å². The summed E-state index contributed by atoms with van der Waals surface area (Å²) in [4.78, 5) is 5.26. The highest BCUT2D eigenvalue weighted by Crippen LogP contribution is 2.03. The lowest BCUT2D eigenvalue weighted by atomic mass is 10.2. The summed E-state index contributed by atoms with van der Waals surface area (Å²) < 4.78 is 0. The Morgan fingerprint density at radius 1 is 1.05 bits per heavy atom. The molecule has 0 radical (unpaired) electrons. The van der Waals surface area contributed by atoms with Crippen LogP contribution in [0.5, 0.6) is 0 Å². The van der Waals surface area contributed by atoms with Gasteiger partial charge in [-0.1, -0.05) is 71.9 Å². The summed E-state index contributed by atoms with van der Waals surface area (Å²) in [7, 11) is 0. The second-order valence-corrected chi connectivity index (χ2v) is 4.12. The van der Waals surface area contributed by atoms with E-state index in [0.717, 1.165) is 11.1 Å². The molecule has 2 aromatic carbocycles. The van der Waals surface area contributed by atoms with Gasteiger partial charge in [-0.3, -0.25) is 0 Å². The van der Waals surface area contributed by atoms with Crippen molar-refractivity contribution in [1.82, 2.24) is 0 Å². The summed E-state index contributed by atoms with van der Waals surface area (Å²) in [5.41, 5.74) is 2.59. The Kier molecular flexibility index (Phi) is 5.18. The molecule has 0 atom stereocenters. The van der Waals surface area contributed by atoms with Crippen LogP contribution in [0.25, 0.3) is 6.08 Å². The maximum absolute atomic E-state index is 5.40. The topological polar surface area (TPSA) is 21.6 Å². The minimum Gasteiger partial charge on any atom is -0.390 e. The van der Waals surface area contributed by atoms with Gasteiger partial charge < -0.3 is 4.84 Å². The normalized spacial score (nSPS) is 11.2. The number of benzene rings is 2. The Labute approximate surface area is 119 Å². The van der Waals surface area contributed by atoms with Gasteiger partial charge in [-0.15, -0.1) is 6.42 Å². The predicted molar refractivity (Wildman–Crippen MR) is 83.0 cm³/mol. The Bertz CT molecular complexity index is 621. The van der Waals surface area contributed by atoms with Gasteiger partial charge in [-0.2, -0.15) is 0 Å². The first-order valence-electron chi connectivity index (χ1n) is 6.32. The lowest BCUT2D eigenvalue weighted by Crippen LogP contribution is -1.92. The van der Waals surface area contributed by atoms with Crippen LogP contribution in [0.4, 0.5) is 0 Å². The van der Waals surface area contributed by atoms with Crippen molar-refractivity contribution in [2.24, 2.45) is 5.16 Å². The summed E-state index contributed by atoms with van der Waals surface area (Å²) in [6.07, 6.45) is 9.08. The van der Waals surface area contributed by atoms with Crippen LogP contribution in [0.1, 0.15) is 11.1 Å².